The van der Waals surface area contributed by atoms with Gasteiger partial charge in [0.15, 0.2) is 5.28 Å². The fraction of sp³-hybridized carbons (Fsp3) is 0.297. The van der Waals surface area contributed by atoms with Crippen molar-refractivity contribution in [3.05, 3.63) is 131 Å². The van der Waals surface area contributed by atoms with Crippen LogP contribution in [0.3, 0.4) is 0 Å². The highest BCUT2D eigenvalue weighted by Crippen LogP contribution is 2.59. The highest BCUT2D eigenvalue weighted by atomic mass is 31.2. The fourth-order valence-corrected chi connectivity index (χ4v) is 6.84. The summed E-state index contributed by atoms with van der Waals surface area (Å²) in [7, 11) is -5.10. The Kier molecular flexibility index (Phi) is 11.4. The molecule has 1 unspecified atom stereocenters. The number of hydrogen-bond acceptors (Lipinski definition) is 4. The van der Waals surface area contributed by atoms with E-state index >= 15 is 0 Å². The highest BCUT2D eigenvalue weighted by molar-refractivity contribution is 7.53. The van der Waals surface area contributed by atoms with Crippen molar-refractivity contribution in [3.63, 3.8) is 0 Å². The number of carboxylic acids is 1. The maximum absolute atomic E-state index is 13.8. The van der Waals surface area contributed by atoms with Crippen LogP contribution in [-0.4, -0.2) is 39.4 Å². The number of aliphatic carboxylic acids is 1. The normalized spacial score (nSPS) is 12.7. The third-order valence-electron chi connectivity index (χ3n) is 8.27. The molecule has 4 rings (SSSR count). The van der Waals surface area contributed by atoms with E-state index in [0.29, 0.717) is 11.1 Å². The van der Waals surface area contributed by atoms with Gasteiger partial charge in [-0.05, 0) is 57.2 Å². The number of nitrogens with one attached hydrogen (secondary N) is 2. The predicted molar refractivity (Wildman–Crippen MR) is 182 cm³/mol. The standard InChI is InChI=1S/C37H43N2O6P/c1-25(2)28-14-18-32(19-15-28)37(46(43,44)45,33-20-16-29(17-21-33)26(3)4)39-34(36(42)38-23-22-35(40)41)24-27-10-12-31(13-11-27)30-8-6-5-7-9-30/h5-21,25-26,34,39H,22-24H2,1-4H3,(H,38,42)(H,40,41)(H2,43,44,45). The molecule has 4 aromatic rings. The molecule has 46 heavy (non-hydrogen) atoms. The second kappa shape index (κ2) is 15.0. The van der Waals surface area contributed by atoms with Gasteiger partial charge in [-0.25, -0.2) is 0 Å². The van der Waals surface area contributed by atoms with Crippen molar-refractivity contribution in [2.45, 2.75) is 63.7 Å². The van der Waals surface area contributed by atoms with Gasteiger partial charge in [-0.3, -0.25) is 19.5 Å². The largest absolute Gasteiger partial charge is 0.481 e. The van der Waals surface area contributed by atoms with Crippen LogP contribution in [0.2, 0.25) is 0 Å². The minimum atomic E-state index is -5.10. The molecule has 0 aromatic heterocycles. The third kappa shape index (κ3) is 8.20. The van der Waals surface area contributed by atoms with Crippen LogP contribution in [0.25, 0.3) is 11.1 Å². The van der Waals surface area contributed by atoms with Gasteiger partial charge in [0, 0.05) is 6.54 Å². The molecular weight excluding hydrogens is 599 g/mol. The van der Waals surface area contributed by atoms with Crippen LogP contribution in [0.15, 0.2) is 103 Å². The lowest BCUT2D eigenvalue weighted by Crippen LogP contribution is -2.55. The maximum atomic E-state index is 13.8. The molecule has 1 amide bonds. The topological polar surface area (TPSA) is 136 Å². The number of benzene rings is 4. The van der Waals surface area contributed by atoms with E-state index in [4.69, 9.17) is 5.11 Å². The molecule has 0 aliphatic heterocycles. The Morgan fingerprint density at radius 3 is 1.63 bits per heavy atom. The van der Waals surface area contributed by atoms with Gasteiger partial charge >= 0.3 is 13.6 Å². The lowest BCUT2D eigenvalue weighted by atomic mass is 9.91. The summed E-state index contributed by atoms with van der Waals surface area (Å²) in [5, 5.41) is 12.9. The van der Waals surface area contributed by atoms with Gasteiger partial charge in [0.2, 0.25) is 5.91 Å². The molecule has 0 heterocycles. The molecule has 0 radical (unpaired) electrons. The third-order valence-corrected chi connectivity index (χ3v) is 9.79. The maximum Gasteiger partial charge on any atom is 0.354 e. The molecule has 0 saturated heterocycles. The molecule has 0 aliphatic carbocycles. The van der Waals surface area contributed by atoms with Crippen molar-refractivity contribution in [2.24, 2.45) is 0 Å². The lowest BCUT2D eigenvalue weighted by Gasteiger charge is -2.39. The van der Waals surface area contributed by atoms with E-state index < -0.39 is 30.8 Å². The average molecular weight is 643 g/mol. The fourth-order valence-electron chi connectivity index (χ4n) is 5.55. The first-order valence-electron chi connectivity index (χ1n) is 15.5. The minimum Gasteiger partial charge on any atom is -0.481 e. The van der Waals surface area contributed by atoms with Crippen LogP contribution in [0.1, 0.15) is 73.8 Å². The van der Waals surface area contributed by atoms with Crippen molar-refractivity contribution >= 4 is 19.5 Å². The molecule has 0 saturated carbocycles. The van der Waals surface area contributed by atoms with Gasteiger partial charge in [0.1, 0.15) is 0 Å². The summed E-state index contributed by atoms with van der Waals surface area (Å²) >= 11 is 0. The molecule has 9 heteroatoms. The van der Waals surface area contributed by atoms with E-state index in [1.54, 1.807) is 24.3 Å². The number of rotatable bonds is 14. The van der Waals surface area contributed by atoms with E-state index in [0.717, 1.165) is 27.8 Å². The second-order valence-electron chi connectivity index (χ2n) is 12.2. The molecule has 8 nitrogen and oxygen atoms in total. The zero-order chi connectivity index (χ0) is 33.5. The number of hydrogen-bond donors (Lipinski definition) is 5. The summed E-state index contributed by atoms with van der Waals surface area (Å²) in [4.78, 5) is 47.4. The first kappa shape index (κ1) is 34.8. The smallest absolute Gasteiger partial charge is 0.354 e. The van der Waals surface area contributed by atoms with E-state index in [-0.39, 0.29) is 31.2 Å². The zero-order valence-electron chi connectivity index (χ0n) is 26.7. The van der Waals surface area contributed by atoms with Crippen molar-refractivity contribution in [1.82, 2.24) is 10.6 Å². The molecule has 0 aliphatic rings. The Morgan fingerprint density at radius 1 is 0.717 bits per heavy atom. The Hall–Kier alpha value is -4.07. The number of carbonyl (C=O) groups excluding carboxylic acids is 1. The second-order valence-corrected chi connectivity index (χ2v) is 14.0. The SMILES string of the molecule is CC(C)c1ccc(C(NC(Cc2ccc(-c3ccccc3)cc2)C(=O)NCCC(=O)O)(c2ccc(C(C)C)cc2)P(=O)(O)O)cc1. The first-order valence-corrected chi connectivity index (χ1v) is 17.1. The molecule has 4 aromatic carbocycles. The summed E-state index contributed by atoms with van der Waals surface area (Å²) in [6, 6.07) is 30.5. The van der Waals surface area contributed by atoms with Crippen molar-refractivity contribution in [1.29, 1.82) is 0 Å². The van der Waals surface area contributed by atoms with E-state index in [1.165, 1.54) is 0 Å². The quantitative estimate of drug-likeness (QED) is 0.0958. The van der Waals surface area contributed by atoms with Gasteiger partial charge in [-0.15, -0.1) is 0 Å². The Labute approximate surface area is 271 Å². The van der Waals surface area contributed by atoms with Gasteiger partial charge < -0.3 is 20.2 Å². The van der Waals surface area contributed by atoms with E-state index in [9.17, 15) is 23.9 Å². The molecule has 0 bridgehead atoms. The van der Waals surface area contributed by atoms with E-state index in [2.05, 4.69) is 10.6 Å². The van der Waals surface area contributed by atoms with Crippen molar-refractivity contribution in [2.75, 3.05) is 6.54 Å². The summed E-state index contributed by atoms with van der Waals surface area (Å²) in [6.07, 6.45) is -0.203. The van der Waals surface area contributed by atoms with Crippen molar-refractivity contribution < 1.29 is 29.0 Å². The number of amides is 1. The van der Waals surface area contributed by atoms with Crippen molar-refractivity contribution in [3.8, 4) is 11.1 Å². The lowest BCUT2D eigenvalue weighted by molar-refractivity contribution is -0.137. The molecule has 242 valence electrons. The van der Waals surface area contributed by atoms with Crippen LogP contribution in [-0.2, 0) is 25.9 Å². The average Bonchev–Trinajstić information content (AvgIpc) is 3.03. The molecule has 5 N–H and O–H groups in total. The predicted octanol–water partition coefficient (Wildman–Crippen LogP) is 6.77. The Bertz CT molecular complexity index is 1600. The molecule has 0 spiro atoms. The highest BCUT2D eigenvalue weighted by Gasteiger charge is 2.52. The summed E-state index contributed by atoms with van der Waals surface area (Å²) in [6.45, 7) is 8.02. The van der Waals surface area contributed by atoms with Gasteiger partial charge in [0.25, 0.3) is 0 Å². The monoisotopic (exact) mass is 642 g/mol. The zero-order valence-corrected chi connectivity index (χ0v) is 27.6. The summed E-state index contributed by atoms with van der Waals surface area (Å²) < 4.78 is 13.8. The summed E-state index contributed by atoms with van der Waals surface area (Å²) in [5.74, 6) is -1.24. The van der Waals surface area contributed by atoms with Crippen LogP contribution >= 0.6 is 7.60 Å². The van der Waals surface area contributed by atoms with Gasteiger partial charge in [-0.1, -0.05) is 131 Å². The number of carboxylic acid groups (broad SMARTS) is 1. The molecule has 0 fully saturated rings. The summed E-state index contributed by atoms with van der Waals surface area (Å²) in [5.41, 5.74) is 5.40. The molecular formula is C37H43N2O6P. The number of carbonyl (C=O) groups is 2. The minimum absolute atomic E-state index is 0.0872. The van der Waals surface area contributed by atoms with Crippen LogP contribution < -0.4 is 10.6 Å². The Morgan fingerprint density at radius 2 is 1.20 bits per heavy atom. The van der Waals surface area contributed by atoms with Crippen LogP contribution in [0.4, 0.5) is 0 Å². The molecule has 1 atom stereocenters. The van der Waals surface area contributed by atoms with Crippen LogP contribution in [0, 0.1) is 0 Å². The Balaban J connectivity index is 1.83. The van der Waals surface area contributed by atoms with Crippen LogP contribution in [0.5, 0.6) is 0 Å². The van der Waals surface area contributed by atoms with Gasteiger partial charge in [-0.2, -0.15) is 0 Å². The first-order chi connectivity index (χ1) is 21.8. The van der Waals surface area contributed by atoms with E-state index in [1.807, 2.05) is 107 Å². The van der Waals surface area contributed by atoms with Gasteiger partial charge in [0.05, 0.1) is 12.5 Å².